The number of hydrogen-bond donors (Lipinski definition) is 0. The van der Waals surface area contributed by atoms with Crippen molar-refractivity contribution in [1.29, 1.82) is 0 Å². The molecule has 9 heteroatoms. The Morgan fingerprint density at radius 1 is 0.966 bits per heavy atom. The van der Waals surface area contributed by atoms with E-state index in [2.05, 4.69) is 20.3 Å². The van der Waals surface area contributed by atoms with Gasteiger partial charge in [0.05, 0.1) is 18.6 Å². The lowest BCUT2D eigenvalue weighted by molar-refractivity contribution is 0.391. The fourth-order valence-corrected chi connectivity index (χ4v) is 3.25. The summed E-state index contributed by atoms with van der Waals surface area (Å²) < 4.78 is 29.4. The van der Waals surface area contributed by atoms with Crippen molar-refractivity contribution in [2.24, 2.45) is 0 Å². The Hall–Kier alpha value is -3.20. The van der Waals surface area contributed by atoms with Gasteiger partial charge in [0.2, 0.25) is 11.7 Å². The van der Waals surface area contributed by atoms with Crippen LogP contribution in [0.3, 0.4) is 0 Å². The minimum atomic E-state index is -0.298. The molecule has 4 rings (SSSR count). The van der Waals surface area contributed by atoms with Crippen molar-refractivity contribution in [2.45, 2.75) is 18.4 Å². The minimum absolute atomic E-state index is 0.298. The van der Waals surface area contributed by atoms with E-state index in [1.807, 2.05) is 24.3 Å². The minimum Gasteiger partial charge on any atom is -0.497 e. The Morgan fingerprint density at radius 2 is 1.76 bits per heavy atom. The molecule has 0 fully saturated rings. The third-order valence-electron chi connectivity index (χ3n) is 4.16. The molecule has 0 aliphatic rings. The second-order valence-corrected chi connectivity index (χ2v) is 7.20. The highest BCUT2D eigenvalue weighted by atomic mass is 32.2. The number of methoxy groups -OCH3 is 1. The summed E-state index contributed by atoms with van der Waals surface area (Å²) in [5.74, 6) is 3.30. The maximum atomic E-state index is 13.7. The van der Waals surface area contributed by atoms with Crippen molar-refractivity contribution in [2.75, 3.05) is 7.11 Å². The third-order valence-corrected chi connectivity index (χ3v) is 5.07. The van der Waals surface area contributed by atoms with Gasteiger partial charge in [0, 0.05) is 11.1 Å². The fraction of sp³-hybridized carbons (Fsp3) is 0.200. The van der Waals surface area contributed by atoms with Crippen molar-refractivity contribution < 1.29 is 18.2 Å². The van der Waals surface area contributed by atoms with Crippen LogP contribution in [0, 0.1) is 12.7 Å². The molecule has 0 unspecified atom stereocenters. The van der Waals surface area contributed by atoms with E-state index < -0.39 is 0 Å². The first kappa shape index (κ1) is 19.1. The van der Waals surface area contributed by atoms with Crippen LogP contribution in [0.1, 0.15) is 17.3 Å². The van der Waals surface area contributed by atoms with Gasteiger partial charge in [0.15, 0.2) is 5.82 Å². The predicted octanol–water partition coefficient (Wildman–Crippen LogP) is 4.68. The van der Waals surface area contributed by atoms with Gasteiger partial charge < -0.3 is 13.8 Å². The molecule has 0 spiro atoms. The lowest BCUT2D eigenvalue weighted by atomic mass is 10.1. The van der Waals surface area contributed by atoms with E-state index in [0.29, 0.717) is 46.1 Å². The molecule has 0 aliphatic carbocycles. The molecule has 7 nitrogen and oxygen atoms in total. The molecule has 0 atom stereocenters. The molecule has 0 aliphatic heterocycles. The number of rotatable bonds is 7. The first-order valence-corrected chi connectivity index (χ1v) is 9.91. The molecule has 0 N–H and O–H groups in total. The maximum absolute atomic E-state index is 13.7. The number of aromatic nitrogens is 4. The van der Waals surface area contributed by atoms with Gasteiger partial charge in [-0.3, -0.25) is 0 Å². The van der Waals surface area contributed by atoms with Gasteiger partial charge in [0.1, 0.15) is 11.6 Å². The third kappa shape index (κ3) is 4.45. The molecule has 148 valence electrons. The van der Waals surface area contributed by atoms with Gasteiger partial charge in [0.25, 0.3) is 5.89 Å². The number of ether oxygens (including phenoxy) is 1. The molecule has 0 radical (unpaired) electrons. The van der Waals surface area contributed by atoms with Crippen molar-refractivity contribution in [3.05, 3.63) is 65.6 Å². The first-order chi connectivity index (χ1) is 14.1. The fourth-order valence-electron chi connectivity index (χ4n) is 2.56. The molecule has 2 aromatic heterocycles. The molecular weight excluding hydrogens is 395 g/mol. The van der Waals surface area contributed by atoms with Crippen LogP contribution >= 0.6 is 11.8 Å². The standard InChI is InChI=1S/C20H17FN4O3S/c1-12-3-4-14(9-16(12)21)19-23-18(27-25-19)11-29-10-17-22-20(28-24-17)13-5-7-15(26-2)8-6-13/h3-9H,10-11H2,1-2H3. The number of benzene rings is 2. The molecule has 29 heavy (non-hydrogen) atoms. The molecule has 2 heterocycles. The van der Waals surface area contributed by atoms with Crippen molar-refractivity contribution >= 4 is 11.8 Å². The highest BCUT2D eigenvalue weighted by molar-refractivity contribution is 7.97. The van der Waals surface area contributed by atoms with Crippen LogP contribution in [0.4, 0.5) is 4.39 Å². The van der Waals surface area contributed by atoms with Gasteiger partial charge in [-0.2, -0.15) is 9.97 Å². The van der Waals surface area contributed by atoms with Crippen LogP contribution in [-0.2, 0) is 11.5 Å². The number of aryl methyl sites for hydroxylation is 1. The molecule has 0 bridgehead atoms. The first-order valence-electron chi connectivity index (χ1n) is 8.76. The highest BCUT2D eigenvalue weighted by Crippen LogP contribution is 2.24. The summed E-state index contributed by atoms with van der Waals surface area (Å²) >= 11 is 1.51. The second kappa shape index (κ2) is 8.44. The van der Waals surface area contributed by atoms with E-state index in [9.17, 15) is 4.39 Å². The molecule has 0 saturated carbocycles. The zero-order valence-corrected chi connectivity index (χ0v) is 16.6. The SMILES string of the molecule is COc1ccc(-c2nc(CSCc3nc(-c4ccc(C)c(F)c4)no3)no2)cc1. The van der Waals surface area contributed by atoms with Crippen LogP contribution in [0.2, 0.25) is 0 Å². The zero-order valence-electron chi connectivity index (χ0n) is 15.8. The maximum Gasteiger partial charge on any atom is 0.257 e. The van der Waals surface area contributed by atoms with Crippen LogP contribution in [0.25, 0.3) is 22.8 Å². The average Bonchev–Trinajstić information content (AvgIpc) is 3.40. The molecular formula is C20H17FN4O3S. The van der Waals surface area contributed by atoms with Gasteiger partial charge in [-0.25, -0.2) is 4.39 Å². The Bertz CT molecular complexity index is 1110. The summed E-state index contributed by atoms with van der Waals surface area (Å²) in [5, 5.41) is 7.91. The van der Waals surface area contributed by atoms with Crippen molar-refractivity contribution in [3.8, 4) is 28.6 Å². The topological polar surface area (TPSA) is 87.1 Å². The van der Waals surface area contributed by atoms with Gasteiger partial charge in [-0.1, -0.05) is 22.4 Å². The zero-order chi connectivity index (χ0) is 20.2. The van der Waals surface area contributed by atoms with E-state index in [-0.39, 0.29) is 5.82 Å². The highest BCUT2D eigenvalue weighted by Gasteiger charge is 2.12. The van der Waals surface area contributed by atoms with Crippen molar-refractivity contribution in [1.82, 2.24) is 20.3 Å². The van der Waals surface area contributed by atoms with Gasteiger partial charge in [-0.15, -0.1) is 11.8 Å². The number of hydrogen-bond acceptors (Lipinski definition) is 8. The average molecular weight is 412 g/mol. The molecule has 0 saturated heterocycles. The second-order valence-electron chi connectivity index (χ2n) is 6.21. The Morgan fingerprint density at radius 3 is 2.52 bits per heavy atom. The quantitative estimate of drug-likeness (QED) is 0.433. The largest absolute Gasteiger partial charge is 0.497 e. The molecule has 2 aromatic carbocycles. The monoisotopic (exact) mass is 412 g/mol. The van der Waals surface area contributed by atoms with E-state index >= 15 is 0 Å². The normalized spacial score (nSPS) is 11.0. The Labute approximate surface area is 170 Å². The van der Waals surface area contributed by atoms with Crippen LogP contribution in [0.15, 0.2) is 51.5 Å². The van der Waals surface area contributed by atoms with E-state index in [1.54, 1.807) is 26.2 Å². The summed E-state index contributed by atoms with van der Waals surface area (Å²) in [7, 11) is 1.61. The number of halogens is 1. The van der Waals surface area contributed by atoms with E-state index in [4.69, 9.17) is 13.8 Å². The number of thioether (sulfide) groups is 1. The van der Waals surface area contributed by atoms with E-state index in [1.165, 1.54) is 17.8 Å². The Balaban J connectivity index is 1.34. The smallest absolute Gasteiger partial charge is 0.257 e. The predicted molar refractivity (Wildman–Crippen MR) is 106 cm³/mol. The molecule has 4 aromatic rings. The number of nitrogens with zero attached hydrogens (tertiary/aromatic N) is 4. The summed E-state index contributed by atoms with van der Waals surface area (Å²) in [6.07, 6.45) is 0. The Kier molecular flexibility index (Phi) is 5.57. The van der Waals surface area contributed by atoms with Crippen LogP contribution < -0.4 is 4.74 Å². The summed E-state index contributed by atoms with van der Waals surface area (Å²) in [6.45, 7) is 1.70. The van der Waals surface area contributed by atoms with Crippen LogP contribution in [-0.4, -0.2) is 27.4 Å². The lowest BCUT2D eigenvalue weighted by Gasteiger charge is -1.98. The summed E-state index contributed by atoms with van der Waals surface area (Å²) in [4.78, 5) is 8.70. The van der Waals surface area contributed by atoms with Gasteiger partial charge >= 0.3 is 0 Å². The summed E-state index contributed by atoms with van der Waals surface area (Å²) in [5.41, 5.74) is 1.97. The summed E-state index contributed by atoms with van der Waals surface area (Å²) in [6, 6.07) is 12.2. The van der Waals surface area contributed by atoms with Crippen LogP contribution in [0.5, 0.6) is 5.75 Å². The molecule has 0 amide bonds. The van der Waals surface area contributed by atoms with E-state index in [0.717, 1.165) is 11.3 Å². The van der Waals surface area contributed by atoms with Crippen molar-refractivity contribution in [3.63, 3.8) is 0 Å². The lowest BCUT2D eigenvalue weighted by Crippen LogP contribution is -1.88. The van der Waals surface area contributed by atoms with Gasteiger partial charge in [-0.05, 0) is 42.8 Å².